The zero-order valence-corrected chi connectivity index (χ0v) is 16.0. The molecule has 2 rings (SSSR count). The highest BCUT2D eigenvalue weighted by molar-refractivity contribution is 14.0. The molecule has 10 heteroatoms. The zero-order valence-electron chi connectivity index (χ0n) is 12.8. The third kappa shape index (κ3) is 5.36. The minimum Gasteiger partial charge on any atom is -0.364 e. The van der Waals surface area contributed by atoms with Gasteiger partial charge in [-0.05, 0) is 0 Å². The Kier molecular flexibility index (Phi) is 7.80. The quantitative estimate of drug-likeness (QED) is 0.298. The molecule has 0 aliphatic carbocycles. The Morgan fingerprint density at radius 1 is 1.48 bits per heavy atom. The van der Waals surface area contributed by atoms with Gasteiger partial charge in [0.2, 0.25) is 10.0 Å². The Hall–Kier alpha value is -1.32. The van der Waals surface area contributed by atoms with Crippen LogP contribution in [0.5, 0.6) is 0 Å². The average molecular weight is 453 g/mol. The lowest BCUT2D eigenvalue weighted by Gasteiger charge is -2.35. The molecule has 128 valence electrons. The fourth-order valence-electron chi connectivity index (χ4n) is 2.23. The molecular weight excluding hydrogens is 433 g/mol. The number of nitrogens with one attached hydrogen (secondary N) is 1. The highest BCUT2D eigenvalue weighted by Crippen LogP contribution is 2.12. The molecule has 1 N–H and O–H groups in total. The highest BCUT2D eigenvalue weighted by atomic mass is 127. The molecule has 1 aliphatic heterocycles. The summed E-state index contributed by atoms with van der Waals surface area (Å²) in [5.74, 6) is 3.03. The molecule has 2 heterocycles. The van der Waals surface area contributed by atoms with Crippen LogP contribution in [0.25, 0.3) is 0 Å². The van der Waals surface area contributed by atoms with Gasteiger partial charge in [0.05, 0.1) is 12.2 Å². The summed E-state index contributed by atoms with van der Waals surface area (Å²) in [5.41, 5.74) is 0.411. The number of sulfonamides is 1. The Bertz CT molecular complexity index is 646. The number of terminal acetylenes is 1. The van der Waals surface area contributed by atoms with Crippen molar-refractivity contribution in [3.63, 3.8) is 0 Å². The lowest BCUT2D eigenvalue weighted by molar-refractivity contribution is 0.260. The predicted octanol–water partition coefficient (Wildman–Crippen LogP) is -0.0514. The van der Waals surface area contributed by atoms with Gasteiger partial charge in [-0.2, -0.15) is 4.31 Å². The molecule has 0 bridgehead atoms. The van der Waals surface area contributed by atoms with E-state index in [0.29, 0.717) is 44.4 Å². The molecular formula is C13H20IN5O3S. The normalized spacial score (nSPS) is 16.5. The zero-order chi connectivity index (χ0) is 16.0. The summed E-state index contributed by atoms with van der Waals surface area (Å²) < 4.78 is 30.8. The van der Waals surface area contributed by atoms with E-state index in [9.17, 15) is 8.42 Å². The van der Waals surface area contributed by atoms with E-state index in [4.69, 9.17) is 6.42 Å². The van der Waals surface area contributed by atoms with Crippen LogP contribution < -0.4 is 5.32 Å². The molecule has 8 nitrogen and oxygen atoms in total. The van der Waals surface area contributed by atoms with Crippen molar-refractivity contribution in [1.82, 2.24) is 19.7 Å². The summed E-state index contributed by atoms with van der Waals surface area (Å²) in [7, 11) is -1.71. The van der Waals surface area contributed by atoms with Crippen LogP contribution in [0.15, 0.2) is 21.8 Å². The third-order valence-electron chi connectivity index (χ3n) is 3.31. The number of aliphatic imine (C=N–C) groups is 1. The molecule has 1 aromatic heterocycles. The van der Waals surface area contributed by atoms with E-state index in [-0.39, 0.29) is 29.7 Å². The summed E-state index contributed by atoms with van der Waals surface area (Å²) in [6.07, 6.45) is 6.58. The Labute approximate surface area is 153 Å². The van der Waals surface area contributed by atoms with Crippen molar-refractivity contribution in [3.8, 4) is 12.3 Å². The topological polar surface area (TPSA) is 91.0 Å². The van der Waals surface area contributed by atoms with Crippen molar-refractivity contribution in [2.75, 3.05) is 39.8 Å². The van der Waals surface area contributed by atoms with Gasteiger partial charge in [-0.1, -0.05) is 11.1 Å². The summed E-state index contributed by atoms with van der Waals surface area (Å²) in [5, 5.41) is 6.68. The third-order valence-corrected chi connectivity index (χ3v) is 5.13. The first-order chi connectivity index (χ1) is 10.6. The first-order valence-corrected chi connectivity index (χ1v) is 8.44. The van der Waals surface area contributed by atoms with Crippen molar-refractivity contribution < 1.29 is 12.9 Å². The van der Waals surface area contributed by atoms with Crippen LogP contribution in [0.1, 0.15) is 5.69 Å². The molecule has 1 saturated heterocycles. The number of rotatable bonds is 4. The summed E-state index contributed by atoms with van der Waals surface area (Å²) in [6.45, 7) is 2.30. The molecule has 23 heavy (non-hydrogen) atoms. The lowest BCUT2D eigenvalue weighted by Crippen LogP contribution is -2.53. The number of nitrogens with zero attached hydrogens (tertiary/aromatic N) is 4. The maximum absolute atomic E-state index is 12.3. The first kappa shape index (κ1) is 19.7. The van der Waals surface area contributed by atoms with Crippen LogP contribution in [0.4, 0.5) is 0 Å². The van der Waals surface area contributed by atoms with Gasteiger partial charge in [0.25, 0.3) is 0 Å². The van der Waals surface area contributed by atoms with Gasteiger partial charge in [-0.3, -0.25) is 4.99 Å². The fraction of sp³-hybridized carbons (Fsp3) is 0.538. The standard InChI is InChI=1S/C13H19N5O3S.HI/c1-3-5-15-13(14-2)17-6-8-18(9-7-17)22(19,20)11-12-4-10-21-16-12;/h1,4,10H,5-9,11H2,2H3,(H,14,15);1H. The second-order valence-electron chi connectivity index (χ2n) is 4.74. The Morgan fingerprint density at radius 3 is 2.70 bits per heavy atom. The molecule has 0 atom stereocenters. The molecule has 0 saturated carbocycles. The summed E-state index contributed by atoms with van der Waals surface area (Å²) in [6, 6.07) is 1.55. The van der Waals surface area contributed by atoms with Crippen LogP contribution >= 0.6 is 24.0 Å². The van der Waals surface area contributed by atoms with Crippen molar-refractivity contribution in [1.29, 1.82) is 0 Å². The Morgan fingerprint density at radius 2 is 2.17 bits per heavy atom. The number of hydrogen-bond acceptors (Lipinski definition) is 5. The molecule has 0 unspecified atom stereocenters. The molecule has 1 fully saturated rings. The van der Waals surface area contributed by atoms with Crippen LogP contribution in [-0.4, -0.2) is 68.5 Å². The fourth-order valence-corrected chi connectivity index (χ4v) is 3.66. The number of hydrogen-bond donors (Lipinski definition) is 1. The van der Waals surface area contributed by atoms with Gasteiger partial charge >= 0.3 is 0 Å². The molecule has 1 aromatic rings. The van der Waals surface area contributed by atoms with Gasteiger partial charge in [-0.15, -0.1) is 30.4 Å². The summed E-state index contributed by atoms with van der Waals surface area (Å²) in [4.78, 5) is 6.13. The number of piperazine rings is 1. The van der Waals surface area contributed by atoms with Crippen LogP contribution in [-0.2, 0) is 15.8 Å². The van der Waals surface area contributed by atoms with Crippen LogP contribution in [0.3, 0.4) is 0 Å². The van der Waals surface area contributed by atoms with E-state index in [1.165, 1.54) is 10.6 Å². The number of halogens is 1. The van der Waals surface area contributed by atoms with Gasteiger partial charge in [0.15, 0.2) is 5.96 Å². The smallest absolute Gasteiger partial charge is 0.220 e. The van der Waals surface area contributed by atoms with Gasteiger partial charge in [0, 0.05) is 39.3 Å². The highest BCUT2D eigenvalue weighted by Gasteiger charge is 2.28. The maximum Gasteiger partial charge on any atom is 0.220 e. The monoisotopic (exact) mass is 453 g/mol. The largest absolute Gasteiger partial charge is 0.364 e. The SMILES string of the molecule is C#CCNC(=NC)N1CCN(S(=O)(=O)Cc2ccon2)CC1.I. The van der Waals surface area contributed by atoms with E-state index in [2.05, 4.69) is 25.9 Å². The number of aromatic nitrogens is 1. The minimum atomic E-state index is -3.39. The van der Waals surface area contributed by atoms with Crippen LogP contribution in [0.2, 0.25) is 0 Å². The maximum atomic E-state index is 12.3. The van der Waals surface area contributed by atoms with Crippen LogP contribution in [0, 0.1) is 12.3 Å². The first-order valence-electron chi connectivity index (χ1n) is 6.83. The van der Waals surface area contributed by atoms with Crippen molar-refractivity contribution >= 4 is 40.0 Å². The second-order valence-corrected chi connectivity index (χ2v) is 6.71. The molecule has 0 aromatic carbocycles. The van der Waals surface area contributed by atoms with E-state index in [0.717, 1.165) is 0 Å². The average Bonchev–Trinajstić information content (AvgIpc) is 3.01. The van der Waals surface area contributed by atoms with E-state index in [1.54, 1.807) is 13.1 Å². The summed E-state index contributed by atoms with van der Waals surface area (Å²) >= 11 is 0. The number of guanidine groups is 1. The molecule has 0 spiro atoms. The predicted molar refractivity (Wildman–Crippen MR) is 97.9 cm³/mol. The van der Waals surface area contributed by atoms with E-state index in [1.807, 2.05) is 4.90 Å². The van der Waals surface area contributed by atoms with Crippen molar-refractivity contribution in [3.05, 3.63) is 18.0 Å². The lowest BCUT2D eigenvalue weighted by atomic mass is 10.4. The van der Waals surface area contributed by atoms with Gasteiger partial charge in [-0.25, -0.2) is 8.42 Å². The molecule has 0 amide bonds. The second kappa shape index (κ2) is 9.09. The van der Waals surface area contributed by atoms with Gasteiger partial charge < -0.3 is 14.7 Å². The molecule has 0 radical (unpaired) electrons. The molecule has 1 aliphatic rings. The minimum absolute atomic E-state index is 0. The van der Waals surface area contributed by atoms with Gasteiger partial charge in [0.1, 0.15) is 12.0 Å². The van der Waals surface area contributed by atoms with Crippen molar-refractivity contribution in [2.24, 2.45) is 4.99 Å². The van der Waals surface area contributed by atoms with E-state index < -0.39 is 10.0 Å². The van der Waals surface area contributed by atoms with E-state index >= 15 is 0 Å². The van der Waals surface area contributed by atoms with Crippen molar-refractivity contribution in [2.45, 2.75) is 5.75 Å². The Balaban J connectivity index is 0.00000264.